The highest BCUT2D eigenvalue weighted by atomic mass is 16.5. The Labute approximate surface area is 152 Å². The van der Waals surface area contributed by atoms with Crippen molar-refractivity contribution < 1.29 is 19.1 Å². The molecule has 0 atom stereocenters. The summed E-state index contributed by atoms with van der Waals surface area (Å²) in [5, 5.41) is 9.19. The number of carboxylic acid groups (broad SMARTS) is 1. The molecule has 0 aliphatic carbocycles. The van der Waals surface area contributed by atoms with Gasteiger partial charge in [-0.2, -0.15) is 4.98 Å². The van der Waals surface area contributed by atoms with E-state index in [1.54, 1.807) is 24.3 Å². The number of anilines is 1. The number of ether oxygens (including phenoxy) is 1. The van der Waals surface area contributed by atoms with E-state index in [-0.39, 0.29) is 5.56 Å². The molecule has 6 nitrogen and oxygen atoms in total. The van der Waals surface area contributed by atoms with Gasteiger partial charge in [0.1, 0.15) is 16.8 Å². The Morgan fingerprint density at radius 3 is 2.69 bits per heavy atom. The molecule has 3 rings (SSSR count). The number of rotatable bonds is 9. The number of hydrogen-bond acceptors (Lipinski definition) is 5. The summed E-state index contributed by atoms with van der Waals surface area (Å²) in [5.41, 5.74) is 1.79. The maximum absolute atomic E-state index is 11.2. The zero-order chi connectivity index (χ0) is 18.4. The van der Waals surface area contributed by atoms with E-state index in [1.807, 2.05) is 24.3 Å². The topological polar surface area (TPSA) is 75.8 Å². The molecule has 1 N–H and O–H groups in total. The second-order valence-electron chi connectivity index (χ2n) is 5.95. The van der Waals surface area contributed by atoms with Crippen LogP contribution in [0.2, 0.25) is 0 Å². The normalized spacial score (nSPS) is 10.8. The van der Waals surface area contributed by atoms with Crippen molar-refractivity contribution >= 4 is 23.1 Å². The highest BCUT2D eigenvalue weighted by molar-refractivity contribution is 5.90. The van der Waals surface area contributed by atoms with Gasteiger partial charge in [-0.25, -0.2) is 4.79 Å². The van der Waals surface area contributed by atoms with E-state index in [0.29, 0.717) is 18.4 Å². The monoisotopic (exact) mass is 354 g/mol. The number of carboxylic acids is 1. The highest BCUT2D eigenvalue weighted by Crippen LogP contribution is 2.22. The van der Waals surface area contributed by atoms with Crippen LogP contribution in [-0.2, 0) is 0 Å². The average molecular weight is 354 g/mol. The van der Waals surface area contributed by atoms with Crippen molar-refractivity contribution in [3.8, 4) is 5.75 Å². The molecule has 26 heavy (non-hydrogen) atoms. The van der Waals surface area contributed by atoms with Gasteiger partial charge in [-0.05, 0) is 37.1 Å². The van der Waals surface area contributed by atoms with Crippen LogP contribution in [0.15, 0.2) is 52.9 Å². The van der Waals surface area contributed by atoms with Crippen LogP contribution in [0.5, 0.6) is 5.75 Å². The fourth-order valence-electron chi connectivity index (χ4n) is 2.78. The van der Waals surface area contributed by atoms with Gasteiger partial charge < -0.3 is 19.2 Å². The number of aromatic nitrogens is 1. The Hall–Kier alpha value is -3.02. The molecule has 1 heterocycles. The molecule has 0 aliphatic rings. The number of nitrogens with zero attached hydrogens (tertiary/aromatic N) is 2. The number of aromatic carboxylic acids is 1. The van der Waals surface area contributed by atoms with Crippen molar-refractivity contribution in [1.29, 1.82) is 0 Å². The van der Waals surface area contributed by atoms with Crippen molar-refractivity contribution in [3.05, 3.63) is 54.1 Å². The van der Waals surface area contributed by atoms with E-state index in [2.05, 4.69) is 16.8 Å². The number of oxazole rings is 1. The third-order valence-electron chi connectivity index (χ3n) is 3.99. The zero-order valence-electron chi connectivity index (χ0n) is 14.7. The molecule has 0 fully saturated rings. The third kappa shape index (κ3) is 4.14. The maximum Gasteiger partial charge on any atom is 0.339 e. The summed E-state index contributed by atoms with van der Waals surface area (Å²) in [6.45, 7) is 4.08. The van der Waals surface area contributed by atoms with E-state index in [0.717, 1.165) is 37.0 Å². The molecule has 0 amide bonds. The summed E-state index contributed by atoms with van der Waals surface area (Å²) in [7, 11) is 0. The van der Waals surface area contributed by atoms with E-state index in [1.165, 1.54) is 0 Å². The second-order valence-corrected chi connectivity index (χ2v) is 5.95. The molecule has 1 aromatic heterocycles. The lowest BCUT2D eigenvalue weighted by molar-refractivity contribution is 0.0692. The van der Waals surface area contributed by atoms with Crippen LogP contribution in [0, 0.1) is 0 Å². The number of benzene rings is 2. The molecule has 0 aliphatic heterocycles. The van der Waals surface area contributed by atoms with Crippen molar-refractivity contribution in [3.63, 3.8) is 0 Å². The Balaban J connectivity index is 1.60. The largest absolute Gasteiger partial charge is 0.493 e. The van der Waals surface area contributed by atoms with Crippen LogP contribution in [0.4, 0.5) is 6.01 Å². The standard InChI is InChI=1S/C20H22N2O4/c1-2-12-22(20-21-16-9-4-6-11-18(16)26-20)13-7-14-25-17-10-5-3-8-15(17)19(23)24/h3-6,8-11H,2,7,12-14H2,1H3,(H,23,24). The fourth-order valence-corrected chi connectivity index (χ4v) is 2.78. The van der Waals surface area contributed by atoms with Gasteiger partial charge in [0.2, 0.25) is 0 Å². The lowest BCUT2D eigenvalue weighted by Gasteiger charge is -2.19. The van der Waals surface area contributed by atoms with Crippen LogP contribution in [0.1, 0.15) is 30.1 Å². The summed E-state index contributed by atoms with van der Waals surface area (Å²) in [6.07, 6.45) is 1.70. The van der Waals surface area contributed by atoms with Crippen LogP contribution in [0.25, 0.3) is 11.1 Å². The quantitative estimate of drug-likeness (QED) is 0.580. The van der Waals surface area contributed by atoms with Gasteiger partial charge in [-0.3, -0.25) is 0 Å². The van der Waals surface area contributed by atoms with Crippen LogP contribution in [0.3, 0.4) is 0 Å². The number of para-hydroxylation sites is 3. The summed E-state index contributed by atoms with van der Waals surface area (Å²) in [6, 6.07) is 15.0. The minimum atomic E-state index is -0.986. The van der Waals surface area contributed by atoms with E-state index in [4.69, 9.17) is 9.15 Å². The smallest absolute Gasteiger partial charge is 0.339 e. The van der Waals surface area contributed by atoms with Gasteiger partial charge in [0.25, 0.3) is 6.01 Å². The molecule has 6 heteroatoms. The van der Waals surface area contributed by atoms with Gasteiger partial charge in [-0.1, -0.05) is 31.2 Å². The van der Waals surface area contributed by atoms with Crippen LogP contribution < -0.4 is 9.64 Å². The first kappa shape index (κ1) is 17.8. The van der Waals surface area contributed by atoms with Gasteiger partial charge in [0, 0.05) is 13.1 Å². The third-order valence-corrected chi connectivity index (χ3v) is 3.99. The fraction of sp³-hybridized carbons (Fsp3) is 0.300. The molecule has 3 aromatic rings. The van der Waals surface area contributed by atoms with E-state index < -0.39 is 5.97 Å². The van der Waals surface area contributed by atoms with Crippen molar-refractivity contribution in [2.45, 2.75) is 19.8 Å². The van der Waals surface area contributed by atoms with Crippen molar-refractivity contribution in [2.24, 2.45) is 0 Å². The predicted octanol–water partition coefficient (Wildman–Crippen LogP) is 4.21. The number of carbonyl (C=O) groups is 1. The Morgan fingerprint density at radius 2 is 1.92 bits per heavy atom. The van der Waals surface area contributed by atoms with E-state index in [9.17, 15) is 9.90 Å². The zero-order valence-corrected chi connectivity index (χ0v) is 14.7. The Kier molecular flexibility index (Phi) is 5.73. The lowest BCUT2D eigenvalue weighted by atomic mass is 10.2. The first-order chi connectivity index (χ1) is 12.7. The van der Waals surface area contributed by atoms with Crippen molar-refractivity contribution in [2.75, 3.05) is 24.6 Å². The SMILES string of the molecule is CCCN(CCCOc1ccccc1C(=O)O)c1nc2ccccc2o1. The van der Waals surface area contributed by atoms with Gasteiger partial charge >= 0.3 is 5.97 Å². The van der Waals surface area contributed by atoms with Gasteiger partial charge in [0.05, 0.1) is 6.61 Å². The molecule has 0 radical (unpaired) electrons. The van der Waals surface area contributed by atoms with Gasteiger partial charge in [-0.15, -0.1) is 0 Å². The molecule has 0 spiro atoms. The molecule has 2 aromatic carbocycles. The molecule has 0 saturated heterocycles. The number of hydrogen-bond donors (Lipinski definition) is 1. The molecule has 0 bridgehead atoms. The lowest BCUT2D eigenvalue weighted by Crippen LogP contribution is -2.26. The predicted molar refractivity (Wildman–Crippen MR) is 100 cm³/mol. The molecule has 0 saturated carbocycles. The summed E-state index contributed by atoms with van der Waals surface area (Å²) >= 11 is 0. The van der Waals surface area contributed by atoms with Crippen LogP contribution in [-0.4, -0.2) is 35.8 Å². The molecular formula is C20H22N2O4. The van der Waals surface area contributed by atoms with Crippen LogP contribution >= 0.6 is 0 Å². The second kappa shape index (κ2) is 8.38. The molecule has 136 valence electrons. The first-order valence-corrected chi connectivity index (χ1v) is 8.74. The summed E-state index contributed by atoms with van der Waals surface area (Å²) < 4.78 is 11.5. The van der Waals surface area contributed by atoms with Gasteiger partial charge in [0.15, 0.2) is 5.58 Å². The maximum atomic E-state index is 11.2. The minimum absolute atomic E-state index is 0.178. The van der Waals surface area contributed by atoms with Crippen molar-refractivity contribution in [1.82, 2.24) is 4.98 Å². The highest BCUT2D eigenvalue weighted by Gasteiger charge is 2.14. The molecule has 0 unspecified atom stereocenters. The number of fused-ring (bicyclic) bond motifs is 1. The molecular weight excluding hydrogens is 332 g/mol. The Bertz CT molecular complexity index is 842. The van der Waals surface area contributed by atoms with E-state index >= 15 is 0 Å². The summed E-state index contributed by atoms with van der Waals surface area (Å²) in [5.74, 6) is -0.594. The Morgan fingerprint density at radius 1 is 1.15 bits per heavy atom. The minimum Gasteiger partial charge on any atom is -0.493 e. The summed E-state index contributed by atoms with van der Waals surface area (Å²) in [4.78, 5) is 17.8. The average Bonchev–Trinajstić information content (AvgIpc) is 3.08. The first-order valence-electron chi connectivity index (χ1n) is 8.74.